The molecule has 0 spiro atoms. The minimum Gasteiger partial charge on any atom is -0.503 e. The molecule has 0 amide bonds. The maximum atomic E-state index is 11.4. The number of hydrogen-bond acceptors (Lipinski definition) is 5. The van der Waals surface area contributed by atoms with Gasteiger partial charge in [-0.2, -0.15) is 0 Å². The Bertz CT molecular complexity index is 962. The molecule has 2 aromatic heterocycles. The zero-order chi connectivity index (χ0) is 19.2. The Morgan fingerprint density at radius 2 is 1.89 bits per heavy atom. The van der Waals surface area contributed by atoms with Gasteiger partial charge >= 0.3 is 0 Å². The average Bonchev–Trinajstić information content (AvgIpc) is 3.16. The van der Waals surface area contributed by atoms with Crippen LogP contribution in [0.15, 0.2) is 47.5 Å². The van der Waals surface area contributed by atoms with E-state index in [2.05, 4.69) is 10.3 Å². The monoisotopic (exact) mass is 368 g/mol. The number of aromatic nitrogens is 4. The molecule has 2 heterocycles. The van der Waals surface area contributed by atoms with E-state index in [1.165, 1.54) is 6.07 Å². The van der Waals surface area contributed by atoms with E-state index in [1.807, 2.05) is 39.7 Å². The van der Waals surface area contributed by atoms with Gasteiger partial charge in [0.15, 0.2) is 5.75 Å². The van der Waals surface area contributed by atoms with Crippen LogP contribution in [0.4, 0.5) is 0 Å². The Labute approximate surface area is 157 Å². The molecule has 1 N–H and O–H groups in total. The second kappa shape index (κ2) is 8.53. The van der Waals surface area contributed by atoms with Crippen molar-refractivity contribution >= 4 is 0 Å². The van der Waals surface area contributed by atoms with Gasteiger partial charge in [0.25, 0.3) is 0 Å². The lowest BCUT2D eigenvalue weighted by atomic mass is 10.1. The first-order chi connectivity index (χ1) is 13.1. The number of unbranched alkanes of at least 4 members (excludes halogenated alkanes) is 2. The van der Waals surface area contributed by atoms with Gasteiger partial charge in [-0.05, 0) is 38.3 Å². The van der Waals surface area contributed by atoms with E-state index < -0.39 is 0 Å². The molecule has 0 unspecified atom stereocenters. The van der Waals surface area contributed by atoms with Crippen molar-refractivity contribution in [3.8, 4) is 22.8 Å². The molecular weight excluding hydrogens is 344 g/mol. The fourth-order valence-electron chi connectivity index (χ4n) is 3.03. The van der Waals surface area contributed by atoms with E-state index in [9.17, 15) is 9.90 Å². The van der Waals surface area contributed by atoms with Gasteiger partial charge in [0, 0.05) is 30.9 Å². The molecule has 3 aromatic rings. The lowest BCUT2D eigenvalue weighted by molar-refractivity contribution is 0.416. The predicted molar refractivity (Wildman–Crippen MR) is 103 cm³/mol. The number of methoxy groups -OCH3 is 1. The van der Waals surface area contributed by atoms with Crippen molar-refractivity contribution in [2.24, 2.45) is 0 Å². The van der Waals surface area contributed by atoms with Crippen LogP contribution in [0.5, 0.6) is 11.5 Å². The molecule has 0 atom stereocenters. The summed E-state index contributed by atoms with van der Waals surface area (Å²) in [5.74, 6) is 0.619. The third-order valence-corrected chi connectivity index (χ3v) is 4.62. The standard InChI is InChI=1S/C20H24N4O3/c1-15-20(26)18(25)10-13-23(15)11-6-3-7-12-24-14-17(21-22-24)16-8-4-5-9-19(16)27-2/h4-5,8-10,13-14,26H,3,6-7,11-12H2,1-2H3. The van der Waals surface area contributed by atoms with Crippen molar-refractivity contribution in [1.82, 2.24) is 19.6 Å². The normalized spacial score (nSPS) is 10.9. The van der Waals surface area contributed by atoms with Gasteiger partial charge < -0.3 is 14.4 Å². The van der Waals surface area contributed by atoms with Crippen LogP contribution in [0.1, 0.15) is 25.0 Å². The Morgan fingerprint density at radius 3 is 2.70 bits per heavy atom. The minimum atomic E-state index is -0.333. The minimum absolute atomic E-state index is 0.163. The molecule has 0 saturated heterocycles. The highest BCUT2D eigenvalue weighted by Gasteiger charge is 2.09. The van der Waals surface area contributed by atoms with Gasteiger partial charge in [0.2, 0.25) is 5.43 Å². The van der Waals surface area contributed by atoms with Gasteiger partial charge in [-0.15, -0.1) is 5.10 Å². The number of hydrogen-bond donors (Lipinski definition) is 1. The summed E-state index contributed by atoms with van der Waals surface area (Å²) in [6.45, 7) is 3.31. The third-order valence-electron chi connectivity index (χ3n) is 4.62. The van der Waals surface area contributed by atoms with Crippen LogP contribution in [0.25, 0.3) is 11.3 Å². The number of aryl methyl sites for hydroxylation is 2. The van der Waals surface area contributed by atoms with Crippen LogP contribution in [0.3, 0.4) is 0 Å². The summed E-state index contributed by atoms with van der Waals surface area (Å²) in [6, 6.07) is 9.15. The van der Waals surface area contributed by atoms with E-state index in [-0.39, 0.29) is 11.2 Å². The van der Waals surface area contributed by atoms with Gasteiger partial charge in [0.1, 0.15) is 11.4 Å². The topological polar surface area (TPSA) is 82.2 Å². The fraction of sp³-hybridized carbons (Fsp3) is 0.350. The molecule has 0 aliphatic carbocycles. The number of pyridine rings is 1. The maximum absolute atomic E-state index is 11.4. The highest BCUT2D eigenvalue weighted by Crippen LogP contribution is 2.27. The average molecular weight is 368 g/mol. The number of aromatic hydroxyl groups is 1. The Balaban J connectivity index is 1.50. The van der Waals surface area contributed by atoms with Crippen molar-refractivity contribution in [2.45, 2.75) is 39.3 Å². The van der Waals surface area contributed by atoms with Gasteiger partial charge in [0.05, 0.1) is 19.0 Å². The molecule has 0 bridgehead atoms. The summed E-state index contributed by atoms with van der Waals surface area (Å²) in [4.78, 5) is 11.4. The summed E-state index contributed by atoms with van der Waals surface area (Å²) in [7, 11) is 1.65. The molecule has 0 radical (unpaired) electrons. The maximum Gasteiger partial charge on any atom is 0.223 e. The number of benzene rings is 1. The molecular formula is C20H24N4O3. The van der Waals surface area contributed by atoms with Crippen LogP contribution in [-0.4, -0.2) is 31.8 Å². The molecule has 0 saturated carbocycles. The predicted octanol–water partition coefficient (Wildman–Crippen LogP) is 3.00. The highest BCUT2D eigenvalue weighted by atomic mass is 16.5. The lowest BCUT2D eigenvalue weighted by Gasteiger charge is -2.11. The SMILES string of the molecule is COc1ccccc1-c1cn(CCCCCn2ccc(=O)c(O)c2C)nn1. The summed E-state index contributed by atoms with van der Waals surface area (Å²) < 4.78 is 9.13. The molecule has 3 rings (SSSR count). The summed E-state index contributed by atoms with van der Waals surface area (Å²) in [6.07, 6.45) is 6.60. The van der Waals surface area contributed by atoms with Crippen LogP contribution in [0, 0.1) is 6.92 Å². The first-order valence-corrected chi connectivity index (χ1v) is 9.02. The second-order valence-electron chi connectivity index (χ2n) is 6.44. The van der Waals surface area contributed by atoms with Gasteiger partial charge in [-0.25, -0.2) is 0 Å². The molecule has 142 valence electrons. The quantitative estimate of drug-likeness (QED) is 0.618. The van der Waals surface area contributed by atoms with E-state index >= 15 is 0 Å². The first-order valence-electron chi connectivity index (χ1n) is 9.02. The third kappa shape index (κ3) is 4.36. The largest absolute Gasteiger partial charge is 0.503 e. The number of rotatable bonds is 8. The van der Waals surface area contributed by atoms with E-state index in [4.69, 9.17) is 4.74 Å². The van der Waals surface area contributed by atoms with Crippen molar-refractivity contribution < 1.29 is 9.84 Å². The lowest BCUT2D eigenvalue weighted by Crippen LogP contribution is -2.10. The van der Waals surface area contributed by atoms with E-state index in [0.29, 0.717) is 5.69 Å². The Kier molecular flexibility index (Phi) is 5.90. The second-order valence-corrected chi connectivity index (χ2v) is 6.44. The van der Waals surface area contributed by atoms with E-state index in [1.54, 1.807) is 20.2 Å². The summed E-state index contributed by atoms with van der Waals surface area (Å²) >= 11 is 0. The Hall–Kier alpha value is -3.09. The highest BCUT2D eigenvalue weighted by molar-refractivity contribution is 5.65. The molecule has 1 aromatic carbocycles. The zero-order valence-electron chi connectivity index (χ0n) is 15.6. The smallest absolute Gasteiger partial charge is 0.223 e. The first kappa shape index (κ1) is 18.7. The number of para-hydroxylation sites is 1. The van der Waals surface area contributed by atoms with Gasteiger partial charge in [-0.3, -0.25) is 9.48 Å². The molecule has 7 heteroatoms. The molecule has 0 aliphatic heterocycles. The van der Waals surface area contributed by atoms with E-state index in [0.717, 1.165) is 49.4 Å². The number of ether oxygens (including phenoxy) is 1. The summed E-state index contributed by atoms with van der Waals surface area (Å²) in [5, 5.41) is 18.2. The summed E-state index contributed by atoms with van der Waals surface area (Å²) in [5.41, 5.74) is 2.01. The molecule has 0 aliphatic rings. The van der Waals surface area contributed by atoms with Crippen molar-refractivity contribution in [3.05, 3.63) is 58.6 Å². The van der Waals surface area contributed by atoms with Gasteiger partial charge in [-0.1, -0.05) is 17.3 Å². The van der Waals surface area contributed by atoms with Crippen LogP contribution < -0.4 is 10.2 Å². The zero-order valence-corrected chi connectivity index (χ0v) is 15.6. The van der Waals surface area contributed by atoms with Crippen LogP contribution in [0.2, 0.25) is 0 Å². The molecule has 27 heavy (non-hydrogen) atoms. The molecule has 7 nitrogen and oxygen atoms in total. The van der Waals surface area contributed by atoms with Crippen molar-refractivity contribution in [2.75, 3.05) is 7.11 Å². The molecule has 0 fully saturated rings. The fourth-order valence-corrected chi connectivity index (χ4v) is 3.03. The number of nitrogens with zero attached hydrogens (tertiary/aromatic N) is 4. The van der Waals surface area contributed by atoms with Crippen molar-refractivity contribution in [1.29, 1.82) is 0 Å². The van der Waals surface area contributed by atoms with Crippen LogP contribution >= 0.6 is 0 Å². The van der Waals surface area contributed by atoms with Crippen LogP contribution in [-0.2, 0) is 13.1 Å². The Morgan fingerprint density at radius 1 is 1.11 bits per heavy atom. The van der Waals surface area contributed by atoms with Crippen molar-refractivity contribution in [3.63, 3.8) is 0 Å².